The van der Waals surface area contributed by atoms with Gasteiger partial charge in [0.05, 0.1) is 24.9 Å². The number of fused-ring (bicyclic) bond motifs is 1. The number of ether oxygens (including phenoxy) is 1. The number of carbonyl (C=O) groups excluding carboxylic acids is 1. The quantitative estimate of drug-likeness (QED) is 0.763. The van der Waals surface area contributed by atoms with Gasteiger partial charge < -0.3 is 15.0 Å². The van der Waals surface area contributed by atoms with Gasteiger partial charge in [-0.05, 0) is 43.9 Å². The fourth-order valence-corrected chi connectivity index (χ4v) is 3.96. The van der Waals surface area contributed by atoms with Crippen LogP contribution in [0.5, 0.6) is 5.88 Å². The highest BCUT2D eigenvalue weighted by Gasteiger charge is 2.30. The Morgan fingerprint density at radius 2 is 2.21 bits per heavy atom. The van der Waals surface area contributed by atoms with Crippen molar-refractivity contribution in [1.29, 1.82) is 0 Å². The van der Waals surface area contributed by atoms with Crippen molar-refractivity contribution in [3.05, 3.63) is 53.0 Å². The third-order valence-corrected chi connectivity index (χ3v) is 6.03. The van der Waals surface area contributed by atoms with E-state index >= 15 is 0 Å². The van der Waals surface area contributed by atoms with Gasteiger partial charge in [-0.25, -0.2) is 4.98 Å². The zero-order valence-electron chi connectivity index (χ0n) is 16.6. The predicted molar refractivity (Wildman–Crippen MR) is 107 cm³/mol. The van der Waals surface area contributed by atoms with Crippen LogP contribution < -0.4 is 10.1 Å². The molecule has 1 N–H and O–H groups in total. The molecular weight excluding hydrogens is 352 g/mol. The Bertz CT molecular complexity index is 836. The van der Waals surface area contributed by atoms with Crippen LogP contribution >= 0.6 is 0 Å². The molecule has 0 aromatic carbocycles. The van der Waals surface area contributed by atoms with Gasteiger partial charge in [-0.1, -0.05) is 12.5 Å². The van der Waals surface area contributed by atoms with Crippen LogP contribution in [0.1, 0.15) is 53.5 Å². The Morgan fingerprint density at radius 3 is 2.89 bits per heavy atom. The molecule has 1 aliphatic heterocycles. The molecule has 148 valence electrons. The smallest absolute Gasteiger partial charge is 0.256 e. The highest BCUT2D eigenvalue weighted by molar-refractivity contribution is 5.98. The van der Waals surface area contributed by atoms with Crippen LogP contribution in [0.4, 0.5) is 0 Å². The van der Waals surface area contributed by atoms with E-state index in [1.165, 1.54) is 19.3 Å². The fraction of sp³-hybridized carbons (Fsp3) is 0.500. The van der Waals surface area contributed by atoms with E-state index < -0.39 is 0 Å². The van der Waals surface area contributed by atoms with Gasteiger partial charge in [0.2, 0.25) is 5.88 Å². The number of nitrogens with one attached hydrogen (secondary N) is 1. The minimum atomic E-state index is 0.0503. The van der Waals surface area contributed by atoms with Gasteiger partial charge in [-0.2, -0.15) is 0 Å². The summed E-state index contributed by atoms with van der Waals surface area (Å²) in [4.78, 5) is 23.7. The third-order valence-electron chi connectivity index (χ3n) is 6.03. The van der Waals surface area contributed by atoms with Crippen molar-refractivity contribution < 1.29 is 9.53 Å². The molecule has 4 rings (SSSR count). The number of hydrogen-bond acceptors (Lipinski definition) is 5. The van der Waals surface area contributed by atoms with Crippen LogP contribution in [-0.2, 0) is 19.5 Å². The molecule has 1 amide bonds. The molecule has 28 heavy (non-hydrogen) atoms. The lowest BCUT2D eigenvalue weighted by Crippen LogP contribution is -2.36. The molecule has 1 aliphatic carbocycles. The molecule has 0 saturated heterocycles. The number of methoxy groups -OCH3 is 1. The van der Waals surface area contributed by atoms with Crippen LogP contribution in [0, 0.1) is 5.92 Å². The first-order valence-corrected chi connectivity index (χ1v) is 10.1. The summed E-state index contributed by atoms with van der Waals surface area (Å²) in [5, 5.41) is 3.59. The first-order valence-electron chi connectivity index (χ1n) is 10.1. The van der Waals surface area contributed by atoms with Crippen molar-refractivity contribution in [2.24, 2.45) is 5.92 Å². The minimum Gasteiger partial charge on any atom is -0.481 e. The summed E-state index contributed by atoms with van der Waals surface area (Å²) in [6.45, 7) is 4.08. The zero-order chi connectivity index (χ0) is 19.5. The van der Waals surface area contributed by atoms with Crippen LogP contribution in [0.25, 0.3) is 0 Å². The summed E-state index contributed by atoms with van der Waals surface area (Å²) in [6.07, 6.45) is 6.47. The van der Waals surface area contributed by atoms with Crippen LogP contribution in [0.15, 0.2) is 30.5 Å². The fourth-order valence-electron chi connectivity index (χ4n) is 3.96. The Hall–Kier alpha value is -2.47. The summed E-state index contributed by atoms with van der Waals surface area (Å²) >= 11 is 0. The molecule has 3 heterocycles. The maximum absolute atomic E-state index is 12.9. The number of hydrogen-bond donors (Lipinski definition) is 1. The SMILES string of the molecule is COc1nc2c(cc1CNC(C)C1CCC1)C(=O)N(CCc1ccccn1)C2. The number of carbonyl (C=O) groups is 1. The Morgan fingerprint density at radius 1 is 1.36 bits per heavy atom. The van der Waals surface area contributed by atoms with Crippen molar-refractivity contribution in [3.63, 3.8) is 0 Å². The molecule has 2 aromatic heterocycles. The molecule has 0 radical (unpaired) electrons. The number of aromatic nitrogens is 2. The molecule has 0 bridgehead atoms. The van der Waals surface area contributed by atoms with Crippen molar-refractivity contribution in [3.8, 4) is 5.88 Å². The Kier molecular flexibility index (Phi) is 5.57. The highest BCUT2D eigenvalue weighted by atomic mass is 16.5. The van der Waals surface area contributed by atoms with E-state index in [4.69, 9.17) is 4.74 Å². The molecule has 6 heteroatoms. The second-order valence-corrected chi connectivity index (χ2v) is 7.81. The summed E-state index contributed by atoms with van der Waals surface area (Å²) in [6, 6.07) is 8.29. The standard InChI is InChI=1S/C22H28N4O2/c1-15(16-6-5-7-16)24-13-17-12-19-20(25-21(17)28-2)14-26(22(19)27)11-9-18-8-3-4-10-23-18/h3-4,8,10,12,15-16,24H,5-7,9,11,13-14H2,1-2H3. The van der Waals surface area contributed by atoms with Gasteiger partial charge >= 0.3 is 0 Å². The van der Waals surface area contributed by atoms with E-state index in [1.54, 1.807) is 13.3 Å². The lowest BCUT2D eigenvalue weighted by atomic mass is 9.80. The van der Waals surface area contributed by atoms with Gasteiger partial charge in [-0.15, -0.1) is 0 Å². The van der Waals surface area contributed by atoms with Gasteiger partial charge in [0.15, 0.2) is 0 Å². The summed E-state index contributed by atoms with van der Waals surface area (Å²) in [5.74, 6) is 1.43. The molecule has 1 unspecified atom stereocenters. The van der Waals surface area contributed by atoms with Crippen LogP contribution in [-0.4, -0.2) is 40.5 Å². The maximum atomic E-state index is 12.9. The third kappa shape index (κ3) is 3.87. The average molecular weight is 380 g/mol. The summed E-state index contributed by atoms with van der Waals surface area (Å²) < 4.78 is 5.51. The molecule has 0 spiro atoms. The monoisotopic (exact) mass is 380 g/mol. The van der Waals surface area contributed by atoms with E-state index in [9.17, 15) is 4.79 Å². The summed E-state index contributed by atoms with van der Waals surface area (Å²) in [7, 11) is 1.64. The van der Waals surface area contributed by atoms with Crippen LogP contribution in [0.2, 0.25) is 0 Å². The van der Waals surface area contributed by atoms with Crippen molar-refractivity contribution >= 4 is 5.91 Å². The number of rotatable bonds is 8. The van der Waals surface area contributed by atoms with E-state index in [0.29, 0.717) is 37.1 Å². The normalized spacial score (nSPS) is 17.4. The van der Waals surface area contributed by atoms with E-state index in [1.807, 2.05) is 29.2 Å². The first-order chi connectivity index (χ1) is 13.7. The van der Waals surface area contributed by atoms with Crippen molar-refractivity contribution in [2.75, 3.05) is 13.7 Å². The molecule has 1 fully saturated rings. The molecule has 1 atom stereocenters. The topological polar surface area (TPSA) is 67.3 Å². The number of pyridine rings is 2. The summed E-state index contributed by atoms with van der Waals surface area (Å²) in [5.41, 5.74) is 3.45. The second kappa shape index (κ2) is 8.27. The van der Waals surface area contributed by atoms with E-state index in [2.05, 4.69) is 22.2 Å². The van der Waals surface area contributed by atoms with Crippen molar-refractivity contribution in [2.45, 2.75) is 51.7 Å². The zero-order valence-corrected chi connectivity index (χ0v) is 16.6. The number of amides is 1. The van der Waals surface area contributed by atoms with Gasteiger partial charge in [0.1, 0.15) is 0 Å². The molecule has 6 nitrogen and oxygen atoms in total. The van der Waals surface area contributed by atoms with Crippen molar-refractivity contribution in [1.82, 2.24) is 20.2 Å². The Labute approximate surface area is 166 Å². The van der Waals surface area contributed by atoms with Crippen LogP contribution in [0.3, 0.4) is 0 Å². The Balaban J connectivity index is 1.43. The molecule has 2 aliphatic rings. The van der Waals surface area contributed by atoms with Gasteiger partial charge in [0, 0.05) is 43.0 Å². The molecule has 1 saturated carbocycles. The van der Waals surface area contributed by atoms with Gasteiger partial charge in [-0.3, -0.25) is 9.78 Å². The highest BCUT2D eigenvalue weighted by Crippen LogP contribution is 2.30. The largest absolute Gasteiger partial charge is 0.481 e. The molecule has 2 aromatic rings. The molecular formula is C22H28N4O2. The van der Waals surface area contributed by atoms with E-state index in [0.717, 1.165) is 29.3 Å². The average Bonchev–Trinajstić information content (AvgIpc) is 2.98. The predicted octanol–water partition coefficient (Wildman–Crippen LogP) is 2.96. The first kappa shape index (κ1) is 18.9. The minimum absolute atomic E-state index is 0.0503. The van der Waals surface area contributed by atoms with E-state index in [-0.39, 0.29) is 5.91 Å². The van der Waals surface area contributed by atoms with Gasteiger partial charge in [0.25, 0.3) is 5.91 Å². The lowest BCUT2D eigenvalue weighted by molar-refractivity contribution is 0.0779. The number of nitrogens with zero attached hydrogens (tertiary/aromatic N) is 3. The second-order valence-electron chi connectivity index (χ2n) is 7.81. The lowest BCUT2D eigenvalue weighted by Gasteiger charge is -2.32. The maximum Gasteiger partial charge on any atom is 0.256 e.